The lowest BCUT2D eigenvalue weighted by atomic mass is 10.0. The van der Waals surface area contributed by atoms with Gasteiger partial charge in [-0.1, -0.05) is 38.0 Å². The van der Waals surface area contributed by atoms with Gasteiger partial charge in [0.25, 0.3) is 5.91 Å². The molecular weight excluding hydrogens is 440 g/mol. The van der Waals surface area contributed by atoms with Crippen molar-refractivity contribution in [2.45, 2.75) is 64.9 Å². The van der Waals surface area contributed by atoms with Gasteiger partial charge in [0.2, 0.25) is 0 Å². The van der Waals surface area contributed by atoms with Crippen LogP contribution < -0.4 is 10.2 Å². The second-order valence-corrected chi connectivity index (χ2v) is 9.13. The predicted molar refractivity (Wildman–Crippen MR) is 141 cm³/mol. The Morgan fingerprint density at radius 1 is 1.11 bits per heavy atom. The lowest BCUT2D eigenvalue weighted by Crippen LogP contribution is -2.44. The van der Waals surface area contributed by atoms with Gasteiger partial charge in [0, 0.05) is 57.2 Å². The van der Waals surface area contributed by atoms with Crippen LogP contribution in [0.2, 0.25) is 0 Å². The van der Waals surface area contributed by atoms with Gasteiger partial charge in [0.1, 0.15) is 6.10 Å². The molecule has 3 amide bonds. The quantitative estimate of drug-likeness (QED) is 0.457. The minimum Gasteiger partial charge on any atom is -0.368 e. The van der Waals surface area contributed by atoms with E-state index in [1.807, 2.05) is 54.4 Å². The van der Waals surface area contributed by atoms with Crippen molar-refractivity contribution in [1.29, 1.82) is 0 Å². The van der Waals surface area contributed by atoms with Crippen LogP contribution in [0.3, 0.4) is 0 Å². The molecule has 35 heavy (non-hydrogen) atoms. The summed E-state index contributed by atoms with van der Waals surface area (Å²) in [4.78, 5) is 33.7. The molecule has 1 unspecified atom stereocenters. The number of benzene rings is 1. The van der Waals surface area contributed by atoms with Crippen LogP contribution >= 0.6 is 0 Å². The molecule has 0 bridgehead atoms. The number of likely N-dealkylation sites (tertiary alicyclic amines) is 1. The first kappa shape index (κ1) is 26.7. The predicted octanol–water partition coefficient (Wildman–Crippen LogP) is 5.04. The van der Waals surface area contributed by atoms with Crippen LogP contribution in [0.25, 0.3) is 11.3 Å². The number of ether oxygens (including phenoxy) is 1. The van der Waals surface area contributed by atoms with E-state index >= 15 is 0 Å². The van der Waals surface area contributed by atoms with Crippen molar-refractivity contribution >= 4 is 17.6 Å². The highest BCUT2D eigenvalue weighted by Gasteiger charge is 2.26. The van der Waals surface area contributed by atoms with Gasteiger partial charge >= 0.3 is 6.03 Å². The SMILES string of the molecule is CCCCCNC(=O)N(C)c1cccc(-c2ccc(CC(OCC)C(=O)N3CCCCC3)cn2)c1. The van der Waals surface area contributed by atoms with E-state index in [1.165, 1.54) is 6.42 Å². The maximum atomic E-state index is 13.0. The summed E-state index contributed by atoms with van der Waals surface area (Å²) >= 11 is 0. The molecule has 1 N–H and O–H groups in total. The molecule has 0 spiro atoms. The van der Waals surface area contributed by atoms with E-state index in [4.69, 9.17) is 4.74 Å². The summed E-state index contributed by atoms with van der Waals surface area (Å²) in [5, 5.41) is 2.97. The van der Waals surface area contributed by atoms with Crippen LogP contribution in [-0.2, 0) is 16.0 Å². The first-order chi connectivity index (χ1) is 17.0. The molecule has 1 fully saturated rings. The Hall–Kier alpha value is -2.93. The monoisotopic (exact) mass is 480 g/mol. The third kappa shape index (κ3) is 7.79. The first-order valence-corrected chi connectivity index (χ1v) is 13.0. The topological polar surface area (TPSA) is 74.8 Å². The number of carbonyl (C=O) groups excluding carboxylic acids is 2. The van der Waals surface area contributed by atoms with Gasteiger partial charge in [-0.25, -0.2) is 4.79 Å². The number of piperidine rings is 1. The van der Waals surface area contributed by atoms with Crippen LogP contribution in [0.15, 0.2) is 42.6 Å². The molecule has 0 saturated carbocycles. The molecule has 1 saturated heterocycles. The van der Waals surface area contributed by atoms with Crippen LogP contribution in [0.1, 0.15) is 57.9 Å². The molecule has 2 aromatic rings. The second kappa shape index (κ2) is 13.8. The number of urea groups is 1. The van der Waals surface area contributed by atoms with Crippen molar-refractivity contribution in [1.82, 2.24) is 15.2 Å². The molecule has 1 aromatic heterocycles. The number of aromatic nitrogens is 1. The summed E-state index contributed by atoms with van der Waals surface area (Å²) < 4.78 is 5.82. The number of carbonyl (C=O) groups is 2. The number of rotatable bonds is 11. The number of amides is 3. The van der Waals surface area contributed by atoms with E-state index in [0.29, 0.717) is 19.6 Å². The Morgan fingerprint density at radius 3 is 2.60 bits per heavy atom. The number of hydrogen-bond acceptors (Lipinski definition) is 4. The highest BCUT2D eigenvalue weighted by molar-refractivity contribution is 5.92. The van der Waals surface area contributed by atoms with E-state index in [-0.39, 0.29) is 11.9 Å². The maximum absolute atomic E-state index is 13.0. The number of nitrogens with one attached hydrogen (secondary N) is 1. The van der Waals surface area contributed by atoms with Gasteiger partial charge in [-0.05, 0) is 56.4 Å². The van der Waals surface area contributed by atoms with Gasteiger partial charge in [0.05, 0.1) is 5.69 Å². The van der Waals surface area contributed by atoms with E-state index in [1.54, 1.807) is 11.9 Å². The molecule has 1 atom stereocenters. The zero-order chi connectivity index (χ0) is 25.0. The van der Waals surface area contributed by atoms with Crippen molar-refractivity contribution in [3.05, 3.63) is 48.2 Å². The number of pyridine rings is 1. The molecule has 0 radical (unpaired) electrons. The first-order valence-electron chi connectivity index (χ1n) is 13.0. The van der Waals surface area contributed by atoms with Gasteiger partial charge in [-0.15, -0.1) is 0 Å². The summed E-state index contributed by atoms with van der Waals surface area (Å²) in [6.07, 6.45) is 8.40. The molecule has 1 aliphatic rings. The standard InChI is InChI=1S/C28H40N4O3/c1-4-6-8-16-29-28(34)31(3)24-13-11-12-23(20-24)25-15-14-22(21-30-25)19-26(35-5-2)27(33)32-17-9-7-10-18-32/h11-15,20-21,26H,4-10,16-19H2,1-3H3,(H,29,34). The van der Waals surface area contributed by atoms with Crippen molar-refractivity contribution < 1.29 is 14.3 Å². The fraction of sp³-hybridized carbons (Fsp3) is 0.536. The van der Waals surface area contributed by atoms with Gasteiger partial charge in [-0.3, -0.25) is 14.7 Å². The molecule has 3 rings (SSSR count). The Kier molecular flexibility index (Phi) is 10.5. The van der Waals surface area contributed by atoms with Crippen molar-refractivity contribution in [2.75, 3.05) is 38.2 Å². The number of unbranched alkanes of at least 4 members (excludes halogenated alkanes) is 2. The third-order valence-corrected chi connectivity index (χ3v) is 6.45. The Balaban J connectivity index is 1.64. The summed E-state index contributed by atoms with van der Waals surface area (Å²) in [6, 6.07) is 11.7. The van der Waals surface area contributed by atoms with E-state index in [2.05, 4.69) is 17.2 Å². The highest BCUT2D eigenvalue weighted by atomic mass is 16.5. The molecule has 2 heterocycles. The number of anilines is 1. The van der Waals surface area contributed by atoms with Crippen molar-refractivity contribution in [3.63, 3.8) is 0 Å². The van der Waals surface area contributed by atoms with Gasteiger partial charge < -0.3 is 15.0 Å². The molecule has 7 nitrogen and oxygen atoms in total. The van der Waals surface area contributed by atoms with Gasteiger partial charge in [0.15, 0.2) is 0 Å². The number of hydrogen-bond donors (Lipinski definition) is 1. The Morgan fingerprint density at radius 2 is 1.91 bits per heavy atom. The van der Waals surface area contributed by atoms with E-state index in [0.717, 1.165) is 67.7 Å². The minimum absolute atomic E-state index is 0.0827. The summed E-state index contributed by atoms with van der Waals surface area (Å²) in [6.45, 7) is 6.90. The smallest absolute Gasteiger partial charge is 0.321 e. The number of nitrogens with zero attached hydrogens (tertiary/aromatic N) is 3. The molecule has 1 aromatic carbocycles. The molecule has 0 aliphatic carbocycles. The summed E-state index contributed by atoms with van der Waals surface area (Å²) in [7, 11) is 1.78. The average molecular weight is 481 g/mol. The zero-order valence-corrected chi connectivity index (χ0v) is 21.5. The van der Waals surface area contributed by atoms with Gasteiger partial charge in [-0.2, -0.15) is 0 Å². The zero-order valence-electron chi connectivity index (χ0n) is 21.5. The summed E-state index contributed by atoms with van der Waals surface area (Å²) in [5.74, 6) is 0.0827. The lowest BCUT2D eigenvalue weighted by Gasteiger charge is -2.30. The Bertz CT molecular complexity index is 941. The van der Waals surface area contributed by atoms with E-state index in [9.17, 15) is 9.59 Å². The fourth-order valence-electron chi connectivity index (χ4n) is 4.35. The highest BCUT2D eigenvalue weighted by Crippen LogP contribution is 2.24. The minimum atomic E-state index is -0.474. The lowest BCUT2D eigenvalue weighted by molar-refractivity contribution is -0.144. The second-order valence-electron chi connectivity index (χ2n) is 9.13. The maximum Gasteiger partial charge on any atom is 0.321 e. The third-order valence-electron chi connectivity index (χ3n) is 6.45. The molecule has 190 valence electrons. The Labute approximate surface area is 209 Å². The van der Waals surface area contributed by atoms with Crippen LogP contribution in [0.4, 0.5) is 10.5 Å². The van der Waals surface area contributed by atoms with Crippen molar-refractivity contribution in [2.24, 2.45) is 0 Å². The fourth-order valence-corrected chi connectivity index (χ4v) is 4.35. The van der Waals surface area contributed by atoms with E-state index < -0.39 is 6.10 Å². The van der Waals surface area contributed by atoms with Crippen molar-refractivity contribution in [3.8, 4) is 11.3 Å². The average Bonchev–Trinajstić information content (AvgIpc) is 2.91. The van der Waals surface area contributed by atoms with Crippen LogP contribution in [-0.4, -0.2) is 61.2 Å². The molecule has 7 heteroatoms. The normalized spacial score (nSPS) is 14.4. The van der Waals surface area contributed by atoms with Crippen LogP contribution in [0, 0.1) is 0 Å². The summed E-state index contributed by atoms with van der Waals surface area (Å²) in [5.41, 5.74) is 3.54. The molecular formula is C28H40N4O3. The largest absolute Gasteiger partial charge is 0.368 e. The molecule has 1 aliphatic heterocycles. The van der Waals surface area contributed by atoms with Crippen LogP contribution in [0.5, 0.6) is 0 Å².